The van der Waals surface area contributed by atoms with E-state index in [1.807, 2.05) is 44.2 Å². The van der Waals surface area contributed by atoms with Crippen LogP contribution in [0.4, 0.5) is 10.1 Å². The minimum atomic E-state index is -3.83. The Hall–Kier alpha value is -2.94. The number of nitrogens with zero attached hydrogens (tertiary/aromatic N) is 2. The molecule has 0 aromatic heterocycles. The second-order valence-electron chi connectivity index (χ2n) is 7.78. The average molecular weight is 478 g/mol. The van der Waals surface area contributed by atoms with E-state index in [4.69, 9.17) is 0 Å². The first-order valence-electron chi connectivity index (χ1n) is 11.0. The number of benzene rings is 2. The number of nitrogens with one attached hydrogen (secondary N) is 1. The van der Waals surface area contributed by atoms with Crippen LogP contribution >= 0.6 is 0 Å². The third-order valence-corrected chi connectivity index (χ3v) is 6.35. The third-order valence-electron chi connectivity index (χ3n) is 5.21. The van der Waals surface area contributed by atoms with Gasteiger partial charge < -0.3 is 10.2 Å². The Morgan fingerprint density at radius 1 is 1.03 bits per heavy atom. The summed E-state index contributed by atoms with van der Waals surface area (Å²) in [6.07, 6.45) is 2.64. The lowest BCUT2D eigenvalue weighted by molar-refractivity contribution is -0.139. The van der Waals surface area contributed by atoms with Crippen molar-refractivity contribution in [2.75, 3.05) is 30.2 Å². The lowest BCUT2D eigenvalue weighted by Crippen LogP contribution is -2.53. The molecule has 2 amide bonds. The lowest BCUT2D eigenvalue weighted by atomic mass is 10.1. The van der Waals surface area contributed by atoms with Crippen LogP contribution in [0.25, 0.3) is 0 Å². The number of amides is 2. The fourth-order valence-corrected chi connectivity index (χ4v) is 4.33. The zero-order valence-corrected chi connectivity index (χ0v) is 20.1. The van der Waals surface area contributed by atoms with Gasteiger partial charge in [-0.05, 0) is 49.1 Å². The van der Waals surface area contributed by atoms with Gasteiger partial charge in [-0.15, -0.1) is 0 Å². The molecule has 1 unspecified atom stereocenters. The second kappa shape index (κ2) is 12.3. The monoisotopic (exact) mass is 477 g/mol. The van der Waals surface area contributed by atoms with Crippen molar-refractivity contribution in [1.29, 1.82) is 0 Å². The molecule has 0 radical (unpaired) electrons. The van der Waals surface area contributed by atoms with E-state index < -0.39 is 34.3 Å². The molecule has 180 valence electrons. The van der Waals surface area contributed by atoms with Crippen molar-refractivity contribution in [3.63, 3.8) is 0 Å². The van der Waals surface area contributed by atoms with Crippen molar-refractivity contribution in [2.24, 2.45) is 0 Å². The van der Waals surface area contributed by atoms with Crippen LogP contribution in [0.5, 0.6) is 0 Å². The number of carbonyl (C=O) groups is 2. The minimum Gasteiger partial charge on any atom is -0.354 e. The van der Waals surface area contributed by atoms with Crippen LogP contribution in [-0.4, -0.2) is 57.1 Å². The highest BCUT2D eigenvalue weighted by atomic mass is 32.2. The summed E-state index contributed by atoms with van der Waals surface area (Å²) in [4.78, 5) is 27.7. The van der Waals surface area contributed by atoms with Crippen molar-refractivity contribution < 1.29 is 22.4 Å². The summed E-state index contributed by atoms with van der Waals surface area (Å²) in [5.41, 5.74) is 1.18. The number of rotatable bonds is 12. The quantitative estimate of drug-likeness (QED) is 0.509. The van der Waals surface area contributed by atoms with E-state index in [1.54, 1.807) is 0 Å². The molecule has 2 rings (SSSR count). The number of anilines is 1. The topological polar surface area (TPSA) is 86.8 Å². The molecule has 0 bridgehead atoms. The second-order valence-corrected chi connectivity index (χ2v) is 9.69. The number of hydrogen-bond donors (Lipinski definition) is 1. The first-order chi connectivity index (χ1) is 15.7. The first-order valence-corrected chi connectivity index (χ1v) is 12.9. The SMILES string of the molecule is CCCNC(=O)C(CC)N(CCc1ccccc1)C(=O)CN(c1ccc(F)cc1)S(C)(=O)=O. The molecular weight excluding hydrogens is 445 g/mol. The Bertz CT molecular complexity index is 1010. The minimum absolute atomic E-state index is 0.179. The Labute approximate surface area is 195 Å². The maximum Gasteiger partial charge on any atom is 0.244 e. The Morgan fingerprint density at radius 2 is 1.67 bits per heavy atom. The predicted molar refractivity (Wildman–Crippen MR) is 128 cm³/mol. The van der Waals surface area contributed by atoms with Gasteiger partial charge in [0.15, 0.2) is 0 Å². The van der Waals surface area contributed by atoms with E-state index in [1.165, 1.54) is 17.0 Å². The van der Waals surface area contributed by atoms with Gasteiger partial charge in [0.1, 0.15) is 18.4 Å². The molecule has 0 heterocycles. The van der Waals surface area contributed by atoms with E-state index in [0.29, 0.717) is 19.4 Å². The summed E-state index contributed by atoms with van der Waals surface area (Å²) in [6, 6.07) is 13.7. The van der Waals surface area contributed by atoms with Crippen LogP contribution in [0.2, 0.25) is 0 Å². The normalized spacial score (nSPS) is 12.1. The van der Waals surface area contributed by atoms with E-state index in [-0.39, 0.29) is 18.1 Å². The van der Waals surface area contributed by atoms with Crippen molar-refractivity contribution >= 4 is 27.5 Å². The third kappa shape index (κ3) is 7.85. The van der Waals surface area contributed by atoms with Crippen LogP contribution in [0, 0.1) is 5.82 Å². The number of sulfonamides is 1. The first kappa shape index (κ1) is 26.3. The molecule has 7 nitrogen and oxygen atoms in total. The summed E-state index contributed by atoms with van der Waals surface area (Å²) in [6.45, 7) is 4.00. The molecule has 0 aliphatic rings. The highest BCUT2D eigenvalue weighted by Gasteiger charge is 2.31. The zero-order chi connectivity index (χ0) is 24.4. The molecule has 0 aliphatic carbocycles. The molecule has 2 aromatic rings. The standard InChI is InChI=1S/C24H32FN3O4S/c1-4-16-26-24(30)22(5-2)27(17-15-19-9-7-6-8-10-19)23(29)18-28(33(3,31)32)21-13-11-20(25)12-14-21/h6-14,22H,4-5,15-18H2,1-3H3,(H,26,30). The predicted octanol–water partition coefficient (Wildman–Crippen LogP) is 2.97. The lowest BCUT2D eigenvalue weighted by Gasteiger charge is -2.32. The Kier molecular flexibility index (Phi) is 9.84. The van der Waals surface area contributed by atoms with Gasteiger partial charge in [0, 0.05) is 13.1 Å². The van der Waals surface area contributed by atoms with Gasteiger partial charge >= 0.3 is 0 Å². The molecule has 33 heavy (non-hydrogen) atoms. The molecule has 0 aliphatic heterocycles. The van der Waals surface area contributed by atoms with Crippen LogP contribution in [0.15, 0.2) is 54.6 Å². The summed E-state index contributed by atoms with van der Waals surface area (Å²) in [7, 11) is -3.83. The van der Waals surface area contributed by atoms with Gasteiger partial charge in [-0.1, -0.05) is 44.2 Å². The van der Waals surface area contributed by atoms with Crippen molar-refractivity contribution in [3.8, 4) is 0 Å². The Morgan fingerprint density at radius 3 is 2.21 bits per heavy atom. The fourth-order valence-electron chi connectivity index (χ4n) is 3.48. The number of hydrogen-bond acceptors (Lipinski definition) is 4. The molecule has 1 atom stereocenters. The van der Waals surface area contributed by atoms with E-state index >= 15 is 0 Å². The van der Waals surface area contributed by atoms with Crippen LogP contribution in [0.1, 0.15) is 32.3 Å². The van der Waals surface area contributed by atoms with Crippen molar-refractivity contribution in [2.45, 2.75) is 39.2 Å². The molecule has 2 aromatic carbocycles. The molecule has 0 fully saturated rings. The van der Waals surface area contributed by atoms with Gasteiger partial charge in [-0.2, -0.15) is 0 Å². The van der Waals surface area contributed by atoms with Gasteiger partial charge in [-0.3, -0.25) is 13.9 Å². The molecule has 9 heteroatoms. The Balaban J connectivity index is 2.32. The summed E-state index contributed by atoms with van der Waals surface area (Å²) < 4.78 is 39.2. The zero-order valence-electron chi connectivity index (χ0n) is 19.3. The van der Waals surface area contributed by atoms with E-state index in [9.17, 15) is 22.4 Å². The highest BCUT2D eigenvalue weighted by Crippen LogP contribution is 2.19. The maximum atomic E-state index is 13.4. The van der Waals surface area contributed by atoms with Crippen LogP contribution < -0.4 is 9.62 Å². The molecule has 0 spiro atoms. The number of carbonyl (C=O) groups excluding carboxylic acids is 2. The number of halogens is 1. The smallest absolute Gasteiger partial charge is 0.244 e. The van der Waals surface area contributed by atoms with Crippen LogP contribution in [0.3, 0.4) is 0 Å². The summed E-state index contributed by atoms with van der Waals surface area (Å²) >= 11 is 0. The molecule has 0 saturated carbocycles. The average Bonchev–Trinajstić information content (AvgIpc) is 2.79. The maximum absolute atomic E-state index is 13.4. The molecular formula is C24H32FN3O4S. The summed E-state index contributed by atoms with van der Waals surface area (Å²) in [5.74, 6) is -1.28. The highest BCUT2D eigenvalue weighted by molar-refractivity contribution is 7.92. The fraction of sp³-hybridized carbons (Fsp3) is 0.417. The summed E-state index contributed by atoms with van der Waals surface area (Å²) in [5, 5.41) is 2.83. The van der Waals surface area contributed by atoms with Gasteiger partial charge in [0.05, 0.1) is 11.9 Å². The van der Waals surface area contributed by atoms with Crippen molar-refractivity contribution in [3.05, 3.63) is 66.0 Å². The van der Waals surface area contributed by atoms with Gasteiger partial charge in [-0.25, -0.2) is 12.8 Å². The largest absolute Gasteiger partial charge is 0.354 e. The van der Waals surface area contributed by atoms with E-state index in [2.05, 4.69) is 5.32 Å². The molecule has 1 N–H and O–H groups in total. The molecule has 0 saturated heterocycles. The van der Waals surface area contributed by atoms with Crippen LogP contribution in [-0.2, 0) is 26.0 Å². The van der Waals surface area contributed by atoms with Crippen molar-refractivity contribution in [1.82, 2.24) is 10.2 Å². The van der Waals surface area contributed by atoms with Gasteiger partial charge in [0.2, 0.25) is 21.8 Å². The van der Waals surface area contributed by atoms with Gasteiger partial charge in [0.25, 0.3) is 0 Å². The van der Waals surface area contributed by atoms with E-state index in [0.717, 1.165) is 34.7 Å².